The molecular formula is C19H18ClNO5. The molecule has 1 heterocycles. The van der Waals surface area contributed by atoms with Crippen LogP contribution in [0.4, 0.5) is 0 Å². The Bertz CT molecular complexity index is 806. The first-order valence-electron chi connectivity index (χ1n) is 8.10. The highest BCUT2D eigenvalue weighted by Crippen LogP contribution is 2.34. The highest BCUT2D eigenvalue weighted by Gasteiger charge is 2.17. The fourth-order valence-electron chi connectivity index (χ4n) is 2.51. The van der Waals surface area contributed by atoms with E-state index in [1.807, 2.05) is 19.1 Å². The van der Waals surface area contributed by atoms with Crippen LogP contribution in [0.5, 0.6) is 11.5 Å². The van der Waals surface area contributed by atoms with Crippen molar-refractivity contribution in [3.05, 3.63) is 58.6 Å². The van der Waals surface area contributed by atoms with E-state index in [4.69, 9.17) is 25.8 Å². The van der Waals surface area contributed by atoms with E-state index in [2.05, 4.69) is 5.32 Å². The number of nitrogens with one attached hydrogen (secondary N) is 1. The molecule has 1 amide bonds. The average molecular weight is 376 g/mol. The van der Waals surface area contributed by atoms with Crippen LogP contribution in [0.3, 0.4) is 0 Å². The van der Waals surface area contributed by atoms with Crippen LogP contribution in [0, 0.1) is 0 Å². The molecule has 0 aliphatic carbocycles. The van der Waals surface area contributed by atoms with Gasteiger partial charge in [0, 0.05) is 5.02 Å². The van der Waals surface area contributed by atoms with Gasteiger partial charge in [0.05, 0.1) is 12.5 Å². The van der Waals surface area contributed by atoms with Gasteiger partial charge in [-0.05, 0) is 42.3 Å². The topological polar surface area (TPSA) is 73.9 Å². The largest absolute Gasteiger partial charge is 0.455 e. The molecule has 1 N–H and O–H groups in total. The van der Waals surface area contributed by atoms with E-state index in [1.54, 1.807) is 30.3 Å². The van der Waals surface area contributed by atoms with Gasteiger partial charge in [-0.25, -0.2) is 0 Å². The predicted molar refractivity (Wildman–Crippen MR) is 95.2 cm³/mol. The zero-order valence-corrected chi connectivity index (χ0v) is 14.9. The van der Waals surface area contributed by atoms with Crippen molar-refractivity contribution in [3.8, 4) is 11.5 Å². The molecule has 6 nitrogen and oxygen atoms in total. The summed E-state index contributed by atoms with van der Waals surface area (Å²) in [4.78, 5) is 23.8. The summed E-state index contributed by atoms with van der Waals surface area (Å²) in [6.07, 6.45) is 0.0855. The number of carbonyl (C=O) groups is 2. The number of amides is 1. The van der Waals surface area contributed by atoms with Crippen LogP contribution < -0.4 is 14.8 Å². The van der Waals surface area contributed by atoms with Crippen LogP contribution in [0.25, 0.3) is 0 Å². The molecule has 0 saturated heterocycles. The summed E-state index contributed by atoms with van der Waals surface area (Å²) in [6.45, 7) is 1.70. The minimum Gasteiger partial charge on any atom is -0.455 e. The Hall–Kier alpha value is -2.73. The molecule has 0 unspecified atom stereocenters. The number of rotatable bonds is 6. The molecule has 136 valence electrons. The molecule has 1 aliphatic rings. The number of benzene rings is 2. The third kappa shape index (κ3) is 4.67. The molecule has 1 atom stereocenters. The summed E-state index contributed by atoms with van der Waals surface area (Å²) in [7, 11) is 0. The second-order valence-corrected chi connectivity index (χ2v) is 6.30. The number of carbonyl (C=O) groups excluding carboxylic acids is 2. The highest BCUT2D eigenvalue weighted by atomic mass is 35.5. The fourth-order valence-corrected chi connectivity index (χ4v) is 2.64. The van der Waals surface area contributed by atoms with Crippen LogP contribution in [-0.2, 0) is 20.7 Å². The molecular weight excluding hydrogens is 358 g/mol. The van der Waals surface area contributed by atoms with E-state index in [1.165, 1.54) is 0 Å². The minimum atomic E-state index is -0.474. The SMILES string of the molecule is C[C@H](NC(=O)COC(=O)Cc1ccc(Cl)cc1)c1ccc2c(c1)OCO2. The maximum Gasteiger partial charge on any atom is 0.310 e. The lowest BCUT2D eigenvalue weighted by Gasteiger charge is -2.15. The zero-order chi connectivity index (χ0) is 18.5. The second-order valence-electron chi connectivity index (χ2n) is 5.87. The molecule has 2 aromatic rings. The third-order valence-corrected chi connectivity index (χ3v) is 4.15. The third-order valence-electron chi connectivity index (χ3n) is 3.90. The van der Waals surface area contributed by atoms with Crippen LogP contribution in [0.15, 0.2) is 42.5 Å². The predicted octanol–water partition coefficient (Wildman–Crippen LogP) is 3.03. The lowest BCUT2D eigenvalue weighted by molar-refractivity contribution is -0.148. The fraction of sp³-hybridized carbons (Fsp3) is 0.263. The first kappa shape index (κ1) is 18.1. The number of fused-ring (bicyclic) bond motifs is 1. The van der Waals surface area contributed by atoms with Gasteiger partial charge in [0.2, 0.25) is 6.79 Å². The lowest BCUT2D eigenvalue weighted by Crippen LogP contribution is -2.31. The zero-order valence-electron chi connectivity index (χ0n) is 14.2. The van der Waals surface area contributed by atoms with Crippen molar-refractivity contribution in [2.75, 3.05) is 13.4 Å². The van der Waals surface area contributed by atoms with Crippen LogP contribution >= 0.6 is 11.6 Å². The molecule has 0 bridgehead atoms. The number of hydrogen-bond acceptors (Lipinski definition) is 5. The number of ether oxygens (including phenoxy) is 3. The summed E-state index contributed by atoms with van der Waals surface area (Å²) in [6, 6.07) is 12.1. The molecule has 2 aromatic carbocycles. The number of hydrogen-bond donors (Lipinski definition) is 1. The summed E-state index contributed by atoms with van der Waals surface area (Å²) >= 11 is 5.80. The van der Waals surface area contributed by atoms with E-state index in [9.17, 15) is 9.59 Å². The van der Waals surface area contributed by atoms with Crippen molar-refractivity contribution in [2.45, 2.75) is 19.4 Å². The minimum absolute atomic E-state index is 0.0855. The normalized spacial score (nSPS) is 13.2. The van der Waals surface area contributed by atoms with Crippen LogP contribution in [0.1, 0.15) is 24.1 Å². The van der Waals surface area contributed by atoms with Gasteiger partial charge in [-0.3, -0.25) is 9.59 Å². The van der Waals surface area contributed by atoms with Crippen molar-refractivity contribution in [2.24, 2.45) is 0 Å². The molecule has 0 saturated carbocycles. The molecule has 7 heteroatoms. The highest BCUT2D eigenvalue weighted by molar-refractivity contribution is 6.30. The Morgan fingerprint density at radius 3 is 2.65 bits per heavy atom. The van der Waals surface area contributed by atoms with Crippen molar-refractivity contribution in [3.63, 3.8) is 0 Å². The van der Waals surface area contributed by atoms with Gasteiger partial charge in [-0.2, -0.15) is 0 Å². The molecule has 0 fully saturated rings. The average Bonchev–Trinajstić information content (AvgIpc) is 3.09. The van der Waals surface area contributed by atoms with Crippen molar-refractivity contribution in [1.82, 2.24) is 5.32 Å². The molecule has 1 aliphatic heterocycles. The number of esters is 1. The van der Waals surface area contributed by atoms with Gasteiger partial charge in [-0.1, -0.05) is 29.8 Å². The number of halogens is 1. The van der Waals surface area contributed by atoms with Crippen LogP contribution in [-0.4, -0.2) is 25.3 Å². The monoisotopic (exact) mass is 375 g/mol. The van der Waals surface area contributed by atoms with Gasteiger partial charge in [0.25, 0.3) is 5.91 Å². The van der Waals surface area contributed by atoms with E-state index in [0.29, 0.717) is 16.5 Å². The molecule has 0 spiro atoms. The van der Waals surface area contributed by atoms with Gasteiger partial charge in [0.15, 0.2) is 18.1 Å². The first-order valence-corrected chi connectivity index (χ1v) is 8.48. The molecule has 0 radical (unpaired) electrons. The van der Waals surface area contributed by atoms with Crippen LogP contribution in [0.2, 0.25) is 5.02 Å². The second kappa shape index (κ2) is 8.10. The Morgan fingerprint density at radius 2 is 1.88 bits per heavy atom. The van der Waals surface area contributed by atoms with Crippen molar-refractivity contribution >= 4 is 23.5 Å². The lowest BCUT2D eigenvalue weighted by atomic mass is 10.1. The van der Waals surface area contributed by atoms with Crippen molar-refractivity contribution in [1.29, 1.82) is 0 Å². The quantitative estimate of drug-likeness (QED) is 0.785. The molecule has 26 heavy (non-hydrogen) atoms. The molecule has 0 aromatic heterocycles. The first-order chi connectivity index (χ1) is 12.5. The molecule has 3 rings (SSSR count). The smallest absolute Gasteiger partial charge is 0.310 e. The maximum absolute atomic E-state index is 12.0. The summed E-state index contributed by atoms with van der Waals surface area (Å²) in [5, 5.41) is 3.38. The van der Waals surface area contributed by atoms with Gasteiger partial charge < -0.3 is 19.5 Å². The Balaban J connectivity index is 1.46. The van der Waals surface area contributed by atoms with Crippen molar-refractivity contribution < 1.29 is 23.8 Å². The van der Waals surface area contributed by atoms with Gasteiger partial charge in [-0.15, -0.1) is 0 Å². The summed E-state index contributed by atoms with van der Waals surface area (Å²) in [5.74, 6) is 0.485. The summed E-state index contributed by atoms with van der Waals surface area (Å²) < 4.78 is 15.6. The maximum atomic E-state index is 12.0. The Kier molecular flexibility index (Phi) is 5.63. The van der Waals surface area contributed by atoms with E-state index in [-0.39, 0.29) is 31.8 Å². The van der Waals surface area contributed by atoms with Gasteiger partial charge >= 0.3 is 5.97 Å². The Morgan fingerprint density at radius 1 is 1.15 bits per heavy atom. The standard InChI is InChI=1S/C19H18ClNO5/c1-12(14-4-7-16-17(9-14)26-11-25-16)21-18(22)10-24-19(23)8-13-2-5-15(20)6-3-13/h2-7,9,12H,8,10-11H2,1H3,(H,21,22)/t12-/m0/s1. The van der Waals surface area contributed by atoms with E-state index < -0.39 is 5.97 Å². The van der Waals surface area contributed by atoms with Gasteiger partial charge in [0.1, 0.15) is 0 Å². The summed E-state index contributed by atoms with van der Waals surface area (Å²) in [5.41, 5.74) is 1.64. The van der Waals surface area contributed by atoms with E-state index in [0.717, 1.165) is 11.1 Å². The van der Waals surface area contributed by atoms with E-state index >= 15 is 0 Å². The Labute approximate surface area is 156 Å².